The molecule has 0 radical (unpaired) electrons. The first-order chi connectivity index (χ1) is 17.4. The number of nitrogens with one attached hydrogen (secondary N) is 1. The predicted molar refractivity (Wildman–Crippen MR) is 129 cm³/mol. The minimum atomic E-state index is -1.37. The maximum absolute atomic E-state index is 13.2. The Balaban J connectivity index is 1.38. The highest BCUT2D eigenvalue weighted by molar-refractivity contribution is 6.10. The molecule has 3 amide bonds. The van der Waals surface area contributed by atoms with Gasteiger partial charge in [0, 0.05) is 36.5 Å². The van der Waals surface area contributed by atoms with E-state index < -0.39 is 17.2 Å². The van der Waals surface area contributed by atoms with Crippen LogP contribution in [0.2, 0.25) is 0 Å². The molecule has 0 spiro atoms. The number of imide groups is 1. The zero-order chi connectivity index (χ0) is 25.0. The Labute approximate surface area is 205 Å². The molecule has 5 heterocycles. The van der Waals surface area contributed by atoms with Gasteiger partial charge in [0.05, 0.1) is 19.2 Å². The average Bonchev–Trinajstić information content (AvgIpc) is 3.53. The first-order valence-electron chi connectivity index (χ1n) is 11.3. The second kappa shape index (κ2) is 7.91. The number of hydrogen-bond acceptors (Lipinski definition) is 8. The van der Waals surface area contributed by atoms with Gasteiger partial charge >= 0.3 is 0 Å². The maximum atomic E-state index is 13.2. The van der Waals surface area contributed by atoms with Crippen molar-refractivity contribution in [1.82, 2.24) is 20.2 Å². The van der Waals surface area contributed by atoms with E-state index in [0.29, 0.717) is 40.5 Å². The molecule has 3 N–H and O–H groups in total. The molecule has 36 heavy (non-hydrogen) atoms. The number of carbonyl (C=O) groups excluding carboxylic acids is 3. The van der Waals surface area contributed by atoms with E-state index in [0.717, 1.165) is 11.1 Å². The Morgan fingerprint density at radius 1 is 1.14 bits per heavy atom. The number of nitrogens with two attached hydrogens (primary N) is 1. The molecule has 2 aliphatic heterocycles. The molecule has 10 nitrogen and oxygen atoms in total. The van der Waals surface area contributed by atoms with Gasteiger partial charge in [0.1, 0.15) is 28.3 Å². The van der Waals surface area contributed by atoms with E-state index >= 15 is 0 Å². The fourth-order valence-electron chi connectivity index (χ4n) is 4.85. The highest BCUT2D eigenvalue weighted by Crippen LogP contribution is 2.39. The normalized spacial score (nSPS) is 19.1. The molecule has 0 unspecified atom stereocenters. The van der Waals surface area contributed by atoms with Crippen molar-refractivity contribution in [2.75, 3.05) is 19.4 Å². The van der Waals surface area contributed by atoms with Gasteiger partial charge in [-0.1, -0.05) is 6.07 Å². The molecule has 1 saturated heterocycles. The SMILES string of the molecule is COc1ccc2c(c1)C(=O)N(C[C@@]1(c3cc4nc(-c5ccc(N)nc5)ccc4o3)CC(=O)NC1=O)C2. The van der Waals surface area contributed by atoms with Crippen LogP contribution in [0.4, 0.5) is 5.82 Å². The van der Waals surface area contributed by atoms with Crippen LogP contribution in [-0.4, -0.2) is 46.2 Å². The number of carbonyl (C=O) groups is 3. The fraction of sp³-hybridized carbons (Fsp3) is 0.192. The van der Waals surface area contributed by atoms with Crippen LogP contribution in [0.25, 0.3) is 22.4 Å². The van der Waals surface area contributed by atoms with Gasteiger partial charge < -0.3 is 19.8 Å². The minimum Gasteiger partial charge on any atom is -0.497 e. The number of rotatable bonds is 5. The number of anilines is 1. The van der Waals surface area contributed by atoms with E-state index in [9.17, 15) is 14.4 Å². The van der Waals surface area contributed by atoms with Gasteiger partial charge in [0.25, 0.3) is 5.91 Å². The van der Waals surface area contributed by atoms with E-state index in [1.165, 1.54) is 7.11 Å². The van der Waals surface area contributed by atoms with Crippen molar-refractivity contribution >= 4 is 34.6 Å². The smallest absolute Gasteiger partial charge is 0.254 e. The van der Waals surface area contributed by atoms with Gasteiger partial charge in [-0.15, -0.1) is 0 Å². The van der Waals surface area contributed by atoms with Gasteiger partial charge in [0.2, 0.25) is 11.8 Å². The molecule has 6 rings (SSSR count). The molecule has 1 atom stereocenters. The van der Waals surface area contributed by atoms with Crippen molar-refractivity contribution in [3.63, 3.8) is 0 Å². The molecule has 1 fully saturated rings. The second-order valence-corrected chi connectivity index (χ2v) is 8.98. The van der Waals surface area contributed by atoms with Crippen LogP contribution in [0.15, 0.2) is 59.1 Å². The summed E-state index contributed by atoms with van der Waals surface area (Å²) in [5.41, 5.74) is 8.06. The Morgan fingerprint density at radius 3 is 2.72 bits per heavy atom. The number of nitrogen functional groups attached to an aromatic ring is 1. The Hall–Kier alpha value is -4.73. The van der Waals surface area contributed by atoms with Crippen LogP contribution < -0.4 is 15.8 Å². The van der Waals surface area contributed by atoms with Crippen LogP contribution in [0.5, 0.6) is 5.75 Å². The molecule has 1 aromatic carbocycles. The van der Waals surface area contributed by atoms with E-state index in [4.69, 9.17) is 14.9 Å². The molecule has 0 saturated carbocycles. The number of pyridine rings is 2. The number of methoxy groups -OCH3 is 1. The molecular weight excluding hydrogens is 462 g/mol. The van der Waals surface area contributed by atoms with Crippen molar-refractivity contribution in [2.24, 2.45) is 0 Å². The molecule has 3 aromatic heterocycles. The average molecular weight is 483 g/mol. The van der Waals surface area contributed by atoms with Gasteiger partial charge in [-0.25, -0.2) is 9.97 Å². The van der Waals surface area contributed by atoms with Crippen LogP contribution >= 0.6 is 0 Å². The Bertz CT molecular complexity index is 1560. The zero-order valence-electron chi connectivity index (χ0n) is 19.3. The summed E-state index contributed by atoms with van der Waals surface area (Å²) >= 11 is 0. The molecule has 0 aliphatic carbocycles. The van der Waals surface area contributed by atoms with E-state index in [1.807, 2.05) is 12.1 Å². The molecular formula is C26H21N5O5. The summed E-state index contributed by atoms with van der Waals surface area (Å²) in [7, 11) is 1.53. The third kappa shape index (κ3) is 3.37. The Kier molecular flexibility index (Phi) is 4.78. The van der Waals surface area contributed by atoms with Crippen molar-refractivity contribution in [1.29, 1.82) is 0 Å². The first-order valence-corrected chi connectivity index (χ1v) is 11.3. The number of benzene rings is 1. The summed E-state index contributed by atoms with van der Waals surface area (Å²) in [5.74, 6) is 0.0954. The minimum absolute atomic E-state index is 0.0189. The zero-order valence-corrected chi connectivity index (χ0v) is 19.3. The summed E-state index contributed by atoms with van der Waals surface area (Å²) in [5, 5.41) is 2.38. The largest absolute Gasteiger partial charge is 0.497 e. The third-order valence-corrected chi connectivity index (χ3v) is 6.73. The quantitative estimate of drug-likeness (QED) is 0.413. The topological polar surface area (TPSA) is 141 Å². The van der Waals surface area contributed by atoms with Crippen LogP contribution in [-0.2, 0) is 21.5 Å². The van der Waals surface area contributed by atoms with Crippen molar-refractivity contribution in [3.05, 3.63) is 71.6 Å². The lowest BCUT2D eigenvalue weighted by molar-refractivity contribution is -0.127. The molecule has 4 aromatic rings. The second-order valence-electron chi connectivity index (χ2n) is 8.98. The fourth-order valence-corrected chi connectivity index (χ4v) is 4.85. The summed E-state index contributed by atoms with van der Waals surface area (Å²) < 4.78 is 11.3. The predicted octanol–water partition coefficient (Wildman–Crippen LogP) is 2.42. The molecule has 2 aliphatic rings. The summed E-state index contributed by atoms with van der Waals surface area (Å²) in [6.07, 6.45) is 1.49. The summed E-state index contributed by atoms with van der Waals surface area (Å²) in [6, 6.07) is 14.0. The van der Waals surface area contributed by atoms with Crippen molar-refractivity contribution in [2.45, 2.75) is 18.4 Å². The number of aromatic nitrogens is 2. The number of fused-ring (bicyclic) bond motifs is 2. The number of ether oxygens (including phenoxy) is 1. The third-order valence-electron chi connectivity index (χ3n) is 6.73. The number of hydrogen-bond donors (Lipinski definition) is 2. The van der Waals surface area contributed by atoms with Gasteiger partial charge in [-0.3, -0.25) is 19.7 Å². The van der Waals surface area contributed by atoms with E-state index in [1.54, 1.807) is 47.5 Å². The van der Waals surface area contributed by atoms with Crippen molar-refractivity contribution in [3.8, 4) is 17.0 Å². The maximum Gasteiger partial charge on any atom is 0.254 e. The number of furan rings is 1. The van der Waals surface area contributed by atoms with Crippen LogP contribution in [0.3, 0.4) is 0 Å². The van der Waals surface area contributed by atoms with E-state index in [-0.39, 0.29) is 24.6 Å². The summed E-state index contributed by atoms with van der Waals surface area (Å²) in [4.78, 5) is 49.1. The first kappa shape index (κ1) is 21.8. The summed E-state index contributed by atoms with van der Waals surface area (Å²) in [6.45, 7) is 0.295. The molecule has 180 valence electrons. The number of nitrogens with zero attached hydrogens (tertiary/aromatic N) is 3. The Morgan fingerprint density at radius 2 is 2.00 bits per heavy atom. The van der Waals surface area contributed by atoms with E-state index in [2.05, 4.69) is 15.3 Å². The molecule has 0 bridgehead atoms. The highest BCUT2D eigenvalue weighted by Gasteiger charge is 2.53. The lowest BCUT2D eigenvalue weighted by Crippen LogP contribution is -2.46. The van der Waals surface area contributed by atoms with Crippen molar-refractivity contribution < 1.29 is 23.5 Å². The van der Waals surface area contributed by atoms with Crippen LogP contribution in [0.1, 0.15) is 28.1 Å². The standard InChI is InChI=1S/C26H21N5O5/c1-35-16-4-2-15-12-31(24(33)17(15)8-16)13-26(10-23(32)30-25(26)34)21-9-19-20(36-21)6-5-18(29-19)14-3-7-22(27)28-11-14/h2-9,11H,10,12-13H2,1H3,(H2,27,28)(H,30,32,34)/t26-/m1/s1. The number of amides is 3. The van der Waals surface area contributed by atoms with Gasteiger partial charge in [0.15, 0.2) is 5.58 Å². The lowest BCUT2D eigenvalue weighted by atomic mass is 9.82. The molecule has 10 heteroatoms. The lowest BCUT2D eigenvalue weighted by Gasteiger charge is -2.28. The monoisotopic (exact) mass is 483 g/mol. The van der Waals surface area contributed by atoms with Gasteiger partial charge in [-0.05, 0) is 42.0 Å². The van der Waals surface area contributed by atoms with Crippen LogP contribution in [0, 0.1) is 0 Å². The van der Waals surface area contributed by atoms with Gasteiger partial charge in [-0.2, -0.15) is 0 Å². The highest BCUT2D eigenvalue weighted by atomic mass is 16.5.